The van der Waals surface area contributed by atoms with Gasteiger partial charge in [-0.1, -0.05) is 188 Å². The molecule has 0 radical (unpaired) electrons. The van der Waals surface area contributed by atoms with Gasteiger partial charge in [-0.2, -0.15) is 0 Å². The molecule has 2 unspecified atom stereocenters. The van der Waals surface area contributed by atoms with E-state index in [1.54, 1.807) is 0 Å². The third-order valence-corrected chi connectivity index (χ3v) is 15.0. The molecule has 0 fully saturated rings. The highest BCUT2D eigenvalue weighted by Gasteiger charge is 2.53. The van der Waals surface area contributed by atoms with Crippen LogP contribution in [0, 0.1) is 5.92 Å². The average molecular weight is 760 g/mol. The maximum absolute atomic E-state index is 2.60. The van der Waals surface area contributed by atoms with Gasteiger partial charge in [0.1, 0.15) is 0 Å². The van der Waals surface area contributed by atoms with Gasteiger partial charge in [-0.05, 0) is 119 Å². The molecule has 7 aromatic rings. The van der Waals surface area contributed by atoms with E-state index in [0.717, 1.165) is 0 Å². The smallest absolute Gasteiger partial charge is 0.0726 e. The van der Waals surface area contributed by atoms with Gasteiger partial charge in [0.15, 0.2) is 0 Å². The highest BCUT2D eigenvalue weighted by molar-refractivity contribution is 5.98. The number of hydrogen-bond donors (Lipinski definition) is 0. The van der Waals surface area contributed by atoms with Gasteiger partial charge >= 0.3 is 0 Å². The van der Waals surface area contributed by atoms with Crippen LogP contribution in [0.1, 0.15) is 98.5 Å². The molecule has 4 aliphatic carbocycles. The van der Waals surface area contributed by atoms with E-state index in [-0.39, 0.29) is 22.2 Å². The molecule has 1 heteroatoms. The minimum absolute atomic E-state index is 0.00447. The first-order valence-corrected chi connectivity index (χ1v) is 21.5. The van der Waals surface area contributed by atoms with Crippen LogP contribution in [0.2, 0.25) is 0 Å². The van der Waals surface area contributed by atoms with Crippen LogP contribution in [-0.2, 0) is 21.7 Å². The molecule has 5 aliphatic rings. The van der Waals surface area contributed by atoms with Gasteiger partial charge in [-0.15, -0.1) is 0 Å². The summed E-state index contributed by atoms with van der Waals surface area (Å²) in [5.74, 6) is 0.156. The van der Waals surface area contributed by atoms with E-state index in [1.165, 1.54) is 106 Å². The van der Waals surface area contributed by atoms with Gasteiger partial charge in [0, 0.05) is 28.3 Å². The molecule has 0 saturated heterocycles. The number of allylic oxidation sites excluding steroid dienone is 3. The second kappa shape index (κ2) is 11.5. The monoisotopic (exact) mass is 759 g/mol. The van der Waals surface area contributed by atoms with E-state index in [4.69, 9.17) is 0 Å². The number of rotatable bonds is 2. The van der Waals surface area contributed by atoms with Crippen molar-refractivity contribution in [3.8, 4) is 33.4 Å². The van der Waals surface area contributed by atoms with Gasteiger partial charge in [0.25, 0.3) is 0 Å². The van der Waals surface area contributed by atoms with Crippen LogP contribution in [0.25, 0.3) is 39.0 Å². The van der Waals surface area contributed by atoms with Gasteiger partial charge in [-0.25, -0.2) is 0 Å². The summed E-state index contributed by atoms with van der Waals surface area (Å²) in [5, 5.41) is 0. The summed E-state index contributed by atoms with van der Waals surface area (Å²) in [7, 11) is 0. The fraction of sp³-hybridized carbons (Fsp3) is 0.207. The molecule has 286 valence electrons. The topological polar surface area (TPSA) is 3.24 Å². The third-order valence-electron chi connectivity index (χ3n) is 15.0. The first-order valence-electron chi connectivity index (χ1n) is 21.5. The Morgan fingerprint density at radius 1 is 0.458 bits per heavy atom. The first kappa shape index (κ1) is 34.8. The van der Waals surface area contributed by atoms with Gasteiger partial charge in [0.05, 0.1) is 11.1 Å². The molecule has 0 saturated carbocycles. The van der Waals surface area contributed by atoms with Crippen molar-refractivity contribution < 1.29 is 0 Å². The van der Waals surface area contributed by atoms with Gasteiger partial charge in [0.2, 0.25) is 0 Å². The Morgan fingerprint density at radius 2 is 1.02 bits per heavy atom. The van der Waals surface area contributed by atoms with Crippen LogP contribution < -0.4 is 4.90 Å². The van der Waals surface area contributed by atoms with Gasteiger partial charge < -0.3 is 4.90 Å². The Labute approximate surface area is 349 Å². The summed E-state index contributed by atoms with van der Waals surface area (Å²) in [6.07, 6.45) is 5.13. The Bertz CT molecular complexity index is 3040. The van der Waals surface area contributed by atoms with Crippen LogP contribution in [0.4, 0.5) is 11.4 Å². The first-order chi connectivity index (χ1) is 28.4. The molecule has 1 heterocycles. The fourth-order valence-electron chi connectivity index (χ4n) is 11.7. The van der Waals surface area contributed by atoms with E-state index in [9.17, 15) is 0 Å². The molecular formula is C58H49N. The van der Waals surface area contributed by atoms with Crippen molar-refractivity contribution in [2.24, 2.45) is 5.92 Å². The Kier molecular flexibility index (Phi) is 6.80. The molecule has 1 aliphatic heterocycles. The highest BCUT2D eigenvalue weighted by atomic mass is 15.2. The average Bonchev–Trinajstić information content (AvgIpc) is 3.95. The van der Waals surface area contributed by atoms with E-state index >= 15 is 0 Å². The molecule has 1 nitrogen and oxygen atoms in total. The van der Waals surface area contributed by atoms with Crippen molar-refractivity contribution in [2.75, 3.05) is 4.90 Å². The molecule has 0 N–H and O–H groups in total. The third kappa shape index (κ3) is 4.46. The molecule has 59 heavy (non-hydrogen) atoms. The Morgan fingerprint density at radius 3 is 1.76 bits per heavy atom. The highest BCUT2D eigenvalue weighted by Crippen LogP contribution is 2.65. The van der Waals surface area contributed by atoms with E-state index in [2.05, 4.69) is 217 Å². The fourth-order valence-corrected chi connectivity index (χ4v) is 11.7. The number of benzene rings is 7. The minimum atomic E-state index is -0.463. The maximum atomic E-state index is 2.60. The number of nitrogens with zero attached hydrogens (tertiary/aromatic N) is 1. The summed E-state index contributed by atoms with van der Waals surface area (Å²) in [6.45, 7) is 16.7. The van der Waals surface area contributed by atoms with Crippen molar-refractivity contribution >= 4 is 16.9 Å². The zero-order valence-electron chi connectivity index (χ0n) is 35.1. The zero-order chi connectivity index (χ0) is 40.2. The zero-order valence-corrected chi connectivity index (χ0v) is 35.1. The summed E-state index contributed by atoms with van der Waals surface area (Å²) >= 11 is 0. The Balaban J connectivity index is 1.21. The second-order valence-corrected chi connectivity index (χ2v) is 19.8. The largest absolute Gasteiger partial charge is 0.310 e. The number of anilines is 2. The quantitative estimate of drug-likeness (QED) is 0.170. The maximum Gasteiger partial charge on any atom is 0.0726 e. The van der Waals surface area contributed by atoms with E-state index in [0.29, 0.717) is 0 Å². The molecule has 0 aromatic heterocycles. The normalized spacial score (nSPS) is 20.5. The molecule has 7 aromatic carbocycles. The summed E-state index contributed by atoms with van der Waals surface area (Å²) < 4.78 is 0. The van der Waals surface area contributed by atoms with Crippen molar-refractivity contribution in [2.45, 2.75) is 70.1 Å². The lowest BCUT2D eigenvalue weighted by molar-refractivity contribution is 0.447. The summed E-state index contributed by atoms with van der Waals surface area (Å²) in [4.78, 5) is 2.60. The van der Waals surface area contributed by atoms with E-state index < -0.39 is 5.41 Å². The van der Waals surface area contributed by atoms with Crippen LogP contribution in [0.3, 0.4) is 0 Å². The summed E-state index contributed by atoms with van der Waals surface area (Å²) in [5.41, 5.74) is 24.5. The lowest BCUT2D eigenvalue weighted by atomic mass is 9.67. The van der Waals surface area contributed by atoms with Crippen molar-refractivity contribution in [3.05, 3.63) is 220 Å². The Hall–Kier alpha value is -6.18. The minimum Gasteiger partial charge on any atom is -0.310 e. The van der Waals surface area contributed by atoms with Gasteiger partial charge in [-0.3, -0.25) is 0 Å². The second-order valence-electron chi connectivity index (χ2n) is 19.8. The van der Waals surface area contributed by atoms with Crippen LogP contribution in [0.5, 0.6) is 0 Å². The molecule has 2 atom stereocenters. The lowest BCUT2D eigenvalue weighted by Gasteiger charge is -2.36. The van der Waals surface area contributed by atoms with Crippen LogP contribution in [-0.4, -0.2) is 0 Å². The molecule has 12 rings (SSSR count). The van der Waals surface area contributed by atoms with E-state index in [1.807, 2.05) is 0 Å². The predicted molar refractivity (Wildman–Crippen MR) is 247 cm³/mol. The number of fused-ring (bicyclic) bond motifs is 10. The van der Waals surface area contributed by atoms with Crippen LogP contribution >= 0.6 is 0 Å². The predicted octanol–water partition coefficient (Wildman–Crippen LogP) is 14.7. The molecule has 0 amide bonds. The molecule has 1 spiro atoms. The molecular weight excluding hydrogens is 711 g/mol. The summed E-state index contributed by atoms with van der Waals surface area (Å²) in [6, 6.07) is 58.9. The van der Waals surface area contributed by atoms with Crippen molar-refractivity contribution in [3.63, 3.8) is 0 Å². The van der Waals surface area contributed by atoms with Crippen molar-refractivity contribution in [1.29, 1.82) is 0 Å². The van der Waals surface area contributed by atoms with Crippen LogP contribution in [0.15, 0.2) is 170 Å². The van der Waals surface area contributed by atoms with Crippen molar-refractivity contribution in [1.82, 2.24) is 0 Å². The number of hydrogen-bond acceptors (Lipinski definition) is 1. The molecule has 6 bridgehead atoms. The SMILES string of the molecule is CC(C)(C)c1ccc2c(c1)C13c4ccccc4-c4ccc(cc41)N(c1ccc4c(c1)-c1ccccc1C4(C)C)C1=CC(C=C1c1ccccc1)C(C)(C)c1ccc-2c3c1. The standard InChI is InChI=1S/C58H49N/c1-55(2,3)36-21-25-43-44-26-22-37-31-52(44)58(51(43)30-36)50-20-14-12-17-41(50)45-27-23-40(34-53(45)58)59(54-32-38(56(37,4)5)29-46(54)35-15-9-8-10-16-35)39-24-28-49-47(33-39)42-18-11-13-19-48(42)57(49,6)7/h8-34,38H,1-7H3. The lowest BCUT2D eigenvalue weighted by Crippen LogP contribution is -2.30.